The predicted molar refractivity (Wildman–Crippen MR) is 104 cm³/mol. The van der Waals surface area contributed by atoms with E-state index in [9.17, 15) is 4.79 Å². The zero-order valence-electron chi connectivity index (χ0n) is 15.1. The van der Waals surface area contributed by atoms with E-state index in [1.807, 2.05) is 60.7 Å². The second kappa shape index (κ2) is 9.05. The molecule has 27 heavy (non-hydrogen) atoms. The molecule has 5 nitrogen and oxygen atoms in total. The van der Waals surface area contributed by atoms with Crippen molar-refractivity contribution in [1.82, 2.24) is 0 Å². The first-order chi connectivity index (χ1) is 13.2. The number of fused-ring (bicyclic) bond motifs is 1. The van der Waals surface area contributed by atoms with Gasteiger partial charge in [-0.2, -0.15) is 0 Å². The topological polar surface area (TPSA) is 68.9 Å². The van der Waals surface area contributed by atoms with Gasteiger partial charge in [0.2, 0.25) is 0 Å². The Hall–Kier alpha value is -3.05. The molecule has 0 fully saturated rings. The molecule has 0 aliphatic carbocycles. The Morgan fingerprint density at radius 3 is 2.74 bits per heavy atom. The van der Waals surface area contributed by atoms with Gasteiger partial charge in [0.05, 0.1) is 6.26 Å². The van der Waals surface area contributed by atoms with Crippen LogP contribution in [-0.4, -0.2) is 30.4 Å². The summed E-state index contributed by atoms with van der Waals surface area (Å²) < 4.78 is 16.4. The molecule has 3 rings (SSSR count). The minimum absolute atomic E-state index is 0.330. The van der Waals surface area contributed by atoms with Gasteiger partial charge in [0.1, 0.15) is 17.9 Å². The highest BCUT2D eigenvalue weighted by Gasteiger charge is 2.17. The normalized spacial score (nSPS) is 12.5. The molecule has 0 saturated heterocycles. The number of ether oxygens (including phenoxy) is 2. The van der Waals surface area contributed by atoms with Crippen molar-refractivity contribution in [2.24, 2.45) is 0 Å². The van der Waals surface area contributed by atoms with E-state index in [4.69, 9.17) is 19.0 Å². The van der Waals surface area contributed by atoms with Crippen molar-refractivity contribution in [3.63, 3.8) is 0 Å². The first-order valence-corrected chi connectivity index (χ1v) is 8.86. The van der Waals surface area contributed by atoms with Crippen molar-refractivity contribution >= 4 is 23.0 Å². The number of hydrogen-bond donors (Lipinski definition) is 1. The Morgan fingerprint density at radius 1 is 1.19 bits per heavy atom. The molecule has 0 bridgehead atoms. The molecule has 3 aromatic rings. The number of aliphatic carboxylic acids is 1. The van der Waals surface area contributed by atoms with Crippen molar-refractivity contribution in [3.8, 4) is 5.75 Å². The molecule has 0 unspecified atom stereocenters. The first kappa shape index (κ1) is 18.7. The summed E-state index contributed by atoms with van der Waals surface area (Å²) in [5, 5.41) is 10.2. The zero-order chi connectivity index (χ0) is 19.1. The second-order valence-electron chi connectivity index (χ2n) is 6.03. The lowest BCUT2D eigenvalue weighted by atomic mass is 10.1. The summed E-state index contributed by atoms with van der Waals surface area (Å²) in [6.45, 7) is 2.58. The maximum atomic E-state index is 11.2. The van der Waals surface area contributed by atoms with Crippen LogP contribution in [-0.2, 0) is 16.0 Å². The van der Waals surface area contributed by atoms with Gasteiger partial charge in [-0.25, -0.2) is 4.79 Å². The zero-order valence-corrected chi connectivity index (χ0v) is 15.1. The van der Waals surface area contributed by atoms with Gasteiger partial charge in [0, 0.05) is 24.0 Å². The van der Waals surface area contributed by atoms with E-state index < -0.39 is 12.1 Å². The molecule has 5 heteroatoms. The number of benzene rings is 2. The first-order valence-electron chi connectivity index (χ1n) is 8.86. The molecule has 1 aromatic heterocycles. The number of carbonyl (C=O) groups is 1. The van der Waals surface area contributed by atoms with E-state index in [0.717, 1.165) is 27.8 Å². The molecule has 2 aromatic carbocycles. The van der Waals surface area contributed by atoms with E-state index in [2.05, 4.69) is 0 Å². The summed E-state index contributed by atoms with van der Waals surface area (Å²) >= 11 is 0. The van der Waals surface area contributed by atoms with Crippen LogP contribution in [0.3, 0.4) is 0 Å². The quantitative estimate of drug-likeness (QED) is 0.601. The van der Waals surface area contributed by atoms with E-state index in [1.54, 1.807) is 13.2 Å². The molecule has 0 aliphatic rings. The van der Waals surface area contributed by atoms with Crippen LogP contribution in [0.2, 0.25) is 0 Å². The van der Waals surface area contributed by atoms with E-state index in [0.29, 0.717) is 19.6 Å². The molecule has 0 radical (unpaired) electrons. The molecule has 1 atom stereocenters. The average molecular weight is 366 g/mol. The standard InChI is InChI=1S/C22H22O5/c1-2-25-20(22(23)24)15-16-8-10-19(11-9-16)26-13-4-7-17-5-3-6-18-12-14-27-21(17)18/h3-12,14,20H,2,13,15H2,1H3,(H,23,24)/b7-4+/t20-/m0/s1. The SMILES string of the molecule is CCO[C@@H](Cc1ccc(OC/C=C/c2cccc3ccoc23)cc1)C(=O)O. The minimum atomic E-state index is -0.950. The lowest BCUT2D eigenvalue weighted by molar-refractivity contribution is -0.149. The molecule has 140 valence electrons. The molecule has 1 heterocycles. The Labute approximate surface area is 157 Å². The third kappa shape index (κ3) is 4.99. The monoisotopic (exact) mass is 366 g/mol. The summed E-state index contributed by atoms with van der Waals surface area (Å²) in [6, 6.07) is 15.3. The van der Waals surface area contributed by atoms with Crippen LogP contribution in [0.4, 0.5) is 0 Å². The highest BCUT2D eigenvalue weighted by molar-refractivity contribution is 5.85. The van der Waals surface area contributed by atoms with Gasteiger partial charge in [-0.15, -0.1) is 0 Å². The molecular weight excluding hydrogens is 344 g/mol. The van der Waals surface area contributed by atoms with Gasteiger partial charge in [0.15, 0.2) is 6.10 Å². The number of rotatable bonds is 9. The Balaban J connectivity index is 1.54. The number of para-hydroxylation sites is 1. The van der Waals surface area contributed by atoms with Crippen molar-refractivity contribution in [3.05, 3.63) is 72.0 Å². The fourth-order valence-corrected chi connectivity index (χ4v) is 2.82. The predicted octanol–water partition coefficient (Wildman–Crippen LogP) is 4.56. The second-order valence-corrected chi connectivity index (χ2v) is 6.03. The number of carboxylic acids is 1. The molecule has 0 amide bonds. The van der Waals surface area contributed by atoms with E-state index in [1.165, 1.54) is 0 Å². The van der Waals surface area contributed by atoms with Gasteiger partial charge in [-0.1, -0.05) is 36.4 Å². The van der Waals surface area contributed by atoms with Gasteiger partial charge >= 0.3 is 5.97 Å². The summed E-state index contributed by atoms with van der Waals surface area (Å²) in [7, 11) is 0. The maximum Gasteiger partial charge on any atom is 0.333 e. The van der Waals surface area contributed by atoms with Crippen LogP contribution < -0.4 is 4.74 Å². The van der Waals surface area contributed by atoms with Crippen LogP contribution >= 0.6 is 0 Å². The van der Waals surface area contributed by atoms with Crippen LogP contribution in [0.1, 0.15) is 18.1 Å². The number of hydrogen-bond acceptors (Lipinski definition) is 4. The van der Waals surface area contributed by atoms with Gasteiger partial charge in [-0.05, 0) is 36.8 Å². The van der Waals surface area contributed by atoms with Gasteiger partial charge < -0.3 is 19.0 Å². The maximum absolute atomic E-state index is 11.2. The summed E-state index contributed by atoms with van der Waals surface area (Å²) in [6.07, 6.45) is 5.09. The average Bonchev–Trinajstić information content (AvgIpc) is 3.15. The third-order valence-corrected chi connectivity index (χ3v) is 4.14. The highest BCUT2D eigenvalue weighted by Crippen LogP contribution is 2.21. The van der Waals surface area contributed by atoms with Gasteiger partial charge in [0.25, 0.3) is 0 Å². The Kier molecular flexibility index (Phi) is 6.28. The smallest absolute Gasteiger partial charge is 0.333 e. The van der Waals surface area contributed by atoms with Crippen molar-refractivity contribution in [2.75, 3.05) is 13.2 Å². The van der Waals surface area contributed by atoms with Gasteiger partial charge in [-0.3, -0.25) is 0 Å². The van der Waals surface area contributed by atoms with Crippen LogP contribution in [0.5, 0.6) is 5.75 Å². The summed E-state index contributed by atoms with van der Waals surface area (Å²) in [5.41, 5.74) is 2.76. The fraction of sp³-hybridized carbons (Fsp3) is 0.227. The number of furan rings is 1. The Bertz CT molecular complexity index is 908. The van der Waals surface area contributed by atoms with Crippen molar-refractivity contribution < 1.29 is 23.8 Å². The van der Waals surface area contributed by atoms with E-state index in [-0.39, 0.29) is 0 Å². The molecule has 0 spiro atoms. The number of carboxylic acid groups (broad SMARTS) is 1. The van der Waals surface area contributed by atoms with Crippen molar-refractivity contribution in [2.45, 2.75) is 19.4 Å². The fourth-order valence-electron chi connectivity index (χ4n) is 2.82. The van der Waals surface area contributed by atoms with Crippen LogP contribution in [0.25, 0.3) is 17.0 Å². The van der Waals surface area contributed by atoms with E-state index >= 15 is 0 Å². The van der Waals surface area contributed by atoms with Crippen LogP contribution in [0.15, 0.2) is 65.3 Å². The lowest BCUT2D eigenvalue weighted by Gasteiger charge is -2.12. The largest absolute Gasteiger partial charge is 0.490 e. The molecule has 0 aliphatic heterocycles. The summed E-state index contributed by atoms with van der Waals surface area (Å²) in [4.78, 5) is 11.2. The third-order valence-electron chi connectivity index (χ3n) is 4.14. The van der Waals surface area contributed by atoms with Crippen molar-refractivity contribution in [1.29, 1.82) is 0 Å². The minimum Gasteiger partial charge on any atom is -0.490 e. The highest BCUT2D eigenvalue weighted by atomic mass is 16.5. The molecule has 0 saturated carbocycles. The Morgan fingerprint density at radius 2 is 2.00 bits per heavy atom. The molecular formula is C22H22O5. The lowest BCUT2D eigenvalue weighted by Crippen LogP contribution is -2.26. The summed E-state index contributed by atoms with van der Waals surface area (Å²) in [5.74, 6) is -0.225. The molecule has 1 N–H and O–H groups in total. The van der Waals surface area contributed by atoms with Crippen LogP contribution in [0, 0.1) is 0 Å².